The van der Waals surface area contributed by atoms with Crippen LogP contribution in [0.2, 0.25) is 0 Å². The van der Waals surface area contributed by atoms with Gasteiger partial charge in [-0.15, -0.1) is 10.2 Å². The summed E-state index contributed by atoms with van der Waals surface area (Å²) < 4.78 is 0. The van der Waals surface area contributed by atoms with E-state index in [0.717, 1.165) is 39.0 Å². The molecule has 2 aliphatic heterocycles. The number of carbonyl (C=O) groups is 1. The Labute approximate surface area is 101 Å². The van der Waals surface area contributed by atoms with Crippen LogP contribution in [0.5, 0.6) is 0 Å². The highest BCUT2D eigenvalue weighted by Gasteiger charge is 2.25. The zero-order chi connectivity index (χ0) is 12.1. The van der Waals surface area contributed by atoms with Crippen LogP contribution in [0.1, 0.15) is 19.3 Å². The highest BCUT2D eigenvalue weighted by molar-refractivity contribution is 5.65. The van der Waals surface area contributed by atoms with E-state index in [4.69, 9.17) is 4.84 Å². The van der Waals surface area contributed by atoms with Gasteiger partial charge in [-0.1, -0.05) is 6.42 Å². The Morgan fingerprint density at radius 3 is 2.41 bits per heavy atom. The van der Waals surface area contributed by atoms with Crippen LogP contribution in [-0.2, 0) is 4.84 Å². The van der Waals surface area contributed by atoms with Gasteiger partial charge in [0.1, 0.15) is 0 Å². The second-order valence-electron chi connectivity index (χ2n) is 4.34. The van der Waals surface area contributed by atoms with Gasteiger partial charge in [-0.3, -0.25) is 5.21 Å². The first kappa shape index (κ1) is 12.6. The molecule has 2 heterocycles. The number of nitrogens with zero attached hydrogens (tertiary/aromatic N) is 3. The monoisotopic (exact) mass is 244 g/mol. The van der Waals surface area contributed by atoms with Crippen molar-refractivity contribution in [1.82, 2.24) is 20.6 Å². The lowest BCUT2D eigenvalue weighted by molar-refractivity contribution is -0.244. The first-order valence-corrected chi connectivity index (χ1v) is 6.19. The zero-order valence-corrected chi connectivity index (χ0v) is 9.97. The van der Waals surface area contributed by atoms with Gasteiger partial charge >= 0.3 is 6.09 Å². The van der Waals surface area contributed by atoms with Crippen LogP contribution in [0.25, 0.3) is 0 Å². The van der Waals surface area contributed by atoms with Crippen LogP contribution in [-0.4, -0.2) is 65.8 Å². The Bertz CT molecular complexity index is 252. The highest BCUT2D eigenvalue weighted by atomic mass is 16.8. The Balaban J connectivity index is 1.77. The lowest BCUT2D eigenvalue weighted by Gasteiger charge is -2.33. The molecule has 0 aliphatic carbocycles. The molecule has 0 aromatic heterocycles. The Morgan fingerprint density at radius 1 is 1.12 bits per heavy atom. The van der Waals surface area contributed by atoms with Crippen molar-refractivity contribution in [2.75, 3.05) is 39.3 Å². The molecular weight excluding hydrogens is 224 g/mol. The fraction of sp³-hybridized carbons (Fsp3) is 0.900. The molecule has 98 valence electrons. The second kappa shape index (κ2) is 6.15. The van der Waals surface area contributed by atoms with E-state index in [9.17, 15) is 10.0 Å². The van der Waals surface area contributed by atoms with Crippen LogP contribution >= 0.6 is 0 Å². The molecule has 0 radical (unpaired) electrons. The molecule has 0 spiro atoms. The van der Waals surface area contributed by atoms with Gasteiger partial charge in [-0.2, -0.15) is 5.01 Å². The number of hydrogen-bond donors (Lipinski definition) is 2. The standard InChI is InChI=1S/C10H20N4O3/c15-10(17-13-6-2-1-3-7-13)14(16)12-8-4-11-5-9-12/h11,16H,1-9H2. The van der Waals surface area contributed by atoms with E-state index in [1.54, 1.807) is 10.1 Å². The quantitative estimate of drug-likeness (QED) is 0.528. The number of rotatable bonds is 2. The van der Waals surface area contributed by atoms with Crippen molar-refractivity contribution < 1.29 is 14.8 Å². The maximum absolute atomic E-state index is 11.7. The number of amides is 1. The predicted octanol–water partition coefficient (Wildman–Crippen LogP) is 0.0353. The van der Waals surface area contributed by atoms with Crippen LogP contribution in [0, 0.1) is 0 Å². The Kier molecular flexibility index (Phi) is 4.55. The van der Waals surface area contributed by atoms with Crippen molar-refractivity contribution in [2.45, 2.75) is 19.3 Å². The van der Waals surface area contributed by atoms with Crippen LogP contribution < -0.4 is 5.32 Å². The highest BCUT2D eigenvalue weighted by Crippen LogP contribution is 2.10. The molecule has 0 bridgehead atoms. The summed E-state index contributed by atoms with van der Waals surface area (Å²) in [6, 6.07) is 0. The summed E-state index contributed by atoms with van der Waals surface area (Å²) in [7, 11) is 0. The summed E-state index contributed by atoms with van der Waals surface area (Å²) >= 11 is 0. The van der Waals surface area contributed by atoms with Crippen molar-refractivity contribution in [1.29, 1.82) is 0 Å². The maximum Gasteiger partial charge on any atom is 0.468 e. The second-order valence-corrected chi connectivity index (χ2v) is 4.34. The summed E-state index contributed by atoms with van der Waals surface area (Å²) in [5, 5.41) is 16.6. The molecule has 2 rings (SSSR count). The summed E-state index contributed by atoms with van der Waals surface area (Å²) in [6.45, 7) is 4.22. The van der Waals surface area contributed by atoms with Gasteiger partial charge in [0.05, 0.1) is 0 Å². The third-order valence-electron chi connectivity index (χ3n) is 3.05. The molecule has 0 aromatic carbocycles. The van der Waals surface area contributed by atoms with Crippen LogP contribution in [0.3, 0.4) is 0 Å². The smallest absolute Gasteiger partial charge is 0.348 e. The van der Waals surface area contributed by atoms with Crippen molar-refractivity contribution in [3.8, 4) is 0 Å². The van der Waals surface area contributed by atoms with Gasteiger partial charge in [-0.25, -0.2) is 4.79 Å². The molecule has 0 atom stereocenters. The van der Waals surface area contributed by atoms with E-state index in [-0.39, 0.29) is 0 Å². The van der Waals surface area contributed by atoms with Gasteiger partial charge in [0.2, 0.25) is 0 Å². The number of piperazine rings is 1. The van der Waals surface area contributed by atoms with Crippen LogP contribution in [0.4, 0.5) is 4.79 Å². The molecule has 0 saturated carbocycles. The molecule has 0 unspecified atom stereocenters. The van der Waals surface area contributed by atoms with Crippen LogP contribution in [0.15, 0.2) is 0 Å². The number of hydrazine groups is 1. The van der Waals surface area contributed by atoms with E-state index >= 15 is 0 Å². The fourth-order valence-corrected chi connectivity index (χ4v) is 2.06. The number of nitrogens with one attached hydrogen (secondary N) is 1. The molecule has 2 aliphatic rings. The van der Waals surface area contributed by atoms with E-state index < -0.39 is 6.09 Å². The van der Waals surface area contributed by atoms with Gasteiger partial charge in [0.15, 0.2) is 0 Å². The van der Waals surface area contributed by atoms with Crippen molar-refractivity contribution >= 4 is 6.09 Å². The summed E-state index contributed by atoms with van der Waals surface area (Å²) in [5.41, 5.74) is 0. The normalized spacial score (nSPS) is 23.4. The lowest BCUT2D eigenvalue weighted by atomic mass is 10.2. The van der Waals surface area contributed by atoms with Crippen molar-refractivity contribution in [3.63, 3.8) is 0 Å². The number of piperidine rings is 1. The topological polar surface area (TPSA) is 68.3 Å². The molecule has 2 saturated heterocycles. The third kappa shape index (κ3) is 3.53. The first-order chi connectivity index (χ1) is 8.27. The Hall–Kier alpha value is -0.890. The van der Waals surface area contributed by atoms with Gasteiger partial charge in [0.25, 0.3) is 0 Å². The molecule has 17 heavy (non-hydrogen) atoms. The minimum absolute atomic E-state index is 0.593. The zero-order valence-electron chi connectivity index (χ0n) is 9.97. The lowest BCUT2D eigenvalue weighted by Crippen LogP contribution is -2.54. The molecule has 2 fully saturated rings. The number of carbonyl (C=O) groups excluding carboxylic acids is 1. The Morgan fingerprint density at radius 2 is 1.76 bits per heavy atom. The van der Waals surface area contributed by atoms with E-state index in [1.165, 1.54) is 6.42 Å². The van der Waals surface area contributed by atoms with Crippen molar-refractivity contribution in [2.24, 2.45) is 0 Å². The summed E-state index contributed by atoms with van der Waals surface area (Å²) in [4.78, 5) is 16.8. The van der Waals surface area contributed by atoms with Crippen molar-refractivity contribution in [3.05, 3.63) is 0 Å². The van der Waals surface area contributed by atoms with Gasteiger partial charge in [-0.05, 0) is 12.8 Å². The molecule has 0 aromatic rings. The molecule has 7 heteroatoms. The fourth-order valence-electron chi connectivity index (χ4n) is 2.06. The first-order valence-electron chi connectivity index (χ1n) is 6.19. The third-order valence-corrected chi connectivity index (χ3v) is 3.05. The minimum atomic E-state index is -0.714. The van der Waals surface area contributed by atoms with E-state index in [0.29, 0.717) is 18.3 Å². The number of hydrogen-bond acceptors (Lipinski definition) is 6. The summed E-state index contributed by atoms with van der Waals surface area (Å²) in [5.74, 6) is 0. The SMILES string of the molecule is O=C(ON1CCCCC1)N(O)N1CCNCC1. The predicted molar refractivity (Wildman–Crippen MR) is 60.0 cm³/mol. The molecule has 7 nitrogen and oxygen atoms in total. The average molecular weight is 244 g/mol. The minimum Gasteiger partial charge on any atom is -0.348 e. The molecule has 1 amide bonds. The average Bonchev–Trinajstić information content (AvgIpc) is 2.40. The van der Waals surface area contributed by atoms with E-state index in [1.807, 2.05) is 0 Å². The van der Waals surface area contributed by atoms with Gasteiger partial charge in [0, 0.05) is 39.3 Å². The summed E-state index contributed by atoms with van der Waals surface area (Å²) in [6.07, 6.45) is 2.53. The molecular formula is C10H20N4O3. The van der Waals surface area contributed by atoms with E-state index in [2.05, 4.69) is 5.32 Å². The maximum atomic E-state index is 11.7. The molecule has 2 N–H and O–H groups in total. The number of hydroxylamine groups is 3. The largest absolute Gasteiger partial charge is 0.468 e. The van der Waals surface area contributed by atoms with Gasteiger partial charge < -0.3 is 10.2 Å².